The normalized spacial score (nSPS) is 15.1. The predicted octanol–water partition coefficient (Wildman–Crippen LogP) is 6.43. The molecule has 344 valence electrons. The van der Waals surface area contributed by atoms with Crippen LogP contribution in [0.1, 0.15) is 45.4 Å². The Kier molecular flexibility index (Phi) is 15.0. The van der Waals surface area contributed by atoms with Crippen molar-refractivity contribution < 1.29 is 27.8 Å². The van der Waals surface area contributed by atoms with E-state index in [4.69, 9.17) is 21.1 Å². The van der Waals surface area contributed by atoms with Gasteiger partial charge in [-0.3, -0.25) is 19.6 Å². The van der Waals surface area contributed by atoms with Crippen LogP contribution in [-0.4, -0.2) is 113 Å². The fraction of sp³-hybridized carbons (Fsp3) is 0.244. The van der Waals surface area contributed by atoms with Gasteiger partial charge in [0.1, 0.15) is 0 Å². The highest BCUT2D eigenvalue weighted by Crippen LogP contribution is 2.27. The summed E-state index contributed by atoms with van der Waals surface area (Å²) in [5.74, 6) is -1.14. The number of carbonyl (C=O) groups is 2. The van der Waals surface area contributed by atoms with E-state index in [-0.39, 0.29) is 54.8 Å². The number of rotatable bonds is 17. The molecule has 6 heterocycles. The van der Waals surface area contributed by atoms with Crippen LogP contribution in [0.25, 0.3) is 0 Å². The van der Waals surface area contributed by atoms with Gasteiger partial charge in [-0.15, -0.1) is 0 Å². The van der Waals surface area contributed by atoms with Crippen LogP contribution in [0, 0.1) is 11.6 Å². The third-order valence-electron chi connectivity index (χ3n) is 10.2. The van der Waals surface area contributed by atoms with Crippen LogP contribution in [0.5, 0.6) is 0 Å². The summed E-state index contributed by atoms with van der Waals surface area (Å²) in [7, 11) is 0. The third-order valence-corrected chi connectivity index (χ3v) is 10.4. The first-order valence-electron chi connectivity index (χ1n) is 21.2. The first-order chi connectivity index (χ1) is 32.6. The Morgan fingerprint density at radius 2 is 1.34 bits per heavy atom. The molecule has 0 bridgehead atoms. The molecule has 0 aliphatic carbocycles. The van der Waals surface area contributed by atoms with Gasteiger partial charge in [-0.1, -0.05) is 17.7 Å². The topological polar surface area (TPSA) is 221 Å². The predicted molar refractivity (Wildman–Crippen MR) is 251 cm³/mol. The van der Waals surface area contributed by atoms with Crippen LogP contribution in [0.4, 0.5) is 55.1 Å². The Morgan fingerprint density at radius 3 is 1.97 bits per heavy atom. The lowest BCUT2D eigenvalue weighted by Gasteiger charge is -2.33. The Labute approximate surface area is 388 Å². The van der Waals surface area contributed by atoms with Gasteiger partial charge in [0.25, 0.3) is 5.91 Å². The van der Waals surface area contributed by atoms with Crippen LogP contribution in [0.2, 0.25) is 5.02 Å². The molecular weight excluding hydrogens is 888 g/mol. The van der Waals surface area contributed by atoms with E-state index in [1.165, 1.54) is 12.4 Å². The van der Waals surface area contributed by atoms with Gasteiger partial charge in [0.05, 0.1) is 85.9 Å². The van der Waals surface area contributed by atoms with Gasteiger partial charge in [-0.2, -0.15) is 20.2 Å². The number of carbonyl (C=O) groups excluding carboxylic acids is 2. The van der Waals surface area contributed by atoms with E-state index in [9.17, 15) is 14.0 Å². The minimum absolute atomic E-state index is 0.00328. The van der Waals surface area contributed by atoms with Gasteiger partial charge in [0, 0.05) is 66.7 Å². The number of morpholine rings is 2. The lowest BCUT2D eigenvalue weighted by atomic mass is 10.0. The Morgan fingerprint density at radius 1 is 0.731 bits per heavy atom. The average molecular weight is 932 g/mol. The van der Waals surface area contributed by atoms with E-state index in [0.717, 1.165) is 18.1 Å². The molecule has 1 amide bonds. The summed E-state index contributed by atoms with van der Waals surface area (Å²) in [6, 6.07) is 19.2. The van der Waals surface area contributed by atoms with Crippen molar-refractivity contribution in [3.63, 3.8) is 0 Å². The molecule has 2 aliphatic heterocycles. The summed E-state index contributed by atoms with van der Waals surface area (Å²) in [5, 5.41) is 17.9. The Hall–Kier alpha value is -7.75. The largest absolute Gasteiger partial charge is 0.378 e. The molecule has 2 aliphatic rings. The highest BCUT2D eigenvalue weighted by atomic mass is 35.5. The molecule has 8 rings (SSSR count). The highest BCUT2D eigenvalue weighted by Gasteiger charge is 2.27. The van der Waals surface area contributed by atoms with Crippen LogP contribution >= 0.6 is 11.6 Å². The number of hydrogen-bond acceptors (Lipinski definition) is 18. The van der Waals surface area contributed by atoms with Gasteiger partial charge < -0.3 is 35.2 Å². The number of anilines is 8. The molecule has 2 fully saturated rings. The highest BCUT2D eigenvalue weighted by molar-refractivity contribution is 6.31. The molecule has 1 unspecified atom stereocenters. The van der Waals surface area contributed by atoms with Crippen molar-refractivity contribution in [1.82, 2.24) is 35.2 Å². The average Bonchev–Trinajstić information content (AvgIpc) is 3.34. The molecule has 1 atom stereocenters. The first kappa shape index (κ1) is 45.8. The Bertz CT molecular complexity index is 2750. The number of benzene rings is 2. The second-order valence-corrected chi connectivity index (χ2v) is 15.4. The van der Waals surface area contributed by atoms with Gasteiger partial charge in [0.15, 0.2) is 29.1 Å². The van der Waals surface area contributed by atoms with Crippen LogP contribution in [0.3, 0.4) is 0 Å². The standard InChI is InChI=1S/C45H44ClF2N15O4/c1-2-49-43(65)28-4-3-5-31(17-28)56-34-8-6-32(50-21-34)23-55-61-45-53-26-39(48)42(59-45)63-12-15-67-37(27-63)20-40(64)29-16-30(46)19-36(18-29)57-35-9-7-33(51-22-35)24-54-60-44-52-25-38(47)41(58-44)62-10-13-66-14-11-62/h3-9,16-19,21-26,37,56-57H,2,10-15,20,27H2,1H3,(H,49,65)(H,52,58,60)(H,53,59,61)/b54-24+,55-23+. The summed E-state index contributed by atoms with van der Waals surface area (Å²) >= 11 is 6.46. The number of nitrogens with one attached hydrogen (secondary N) is 5. The van der Waals surface area contributed by atoms with Crippen molar-refractivity contribution in [3.8, 4) is 0 Å². The number of amides is 1. The summed E-state index contributed by atoms with van der Waals surface area (Å²) < 4.78 is 40.8. The van der Waals surface area contributed by atoms with E-state index in [0.29, 0.717) is 84.0 Å². The summed E-state index contributed by atoms with van der Waals surface area (Å²) in [4.78, 5) is 54.7. The minimum Gasteiger partial charge on any atom is -0.378 e. The van der Waals surface area contributed by atoms with E-state index in [1.807, 2.05) is 19.1 Å². The van der Waals surface area contributed by atoms with Crippen molar-refractivity contribution in [2.24, 2.45) is 10.2 Å². The van der Waals surface area contributed by atoms with Crippen LogP contribution in [-0.2, 0) is 9.47 Å². The maximum Gasteiger partial charge on any atom is 0.251 e. The molecule has 0 saturated carbocycles. The van der Waals surface area contributed by atoms with Crippen molar-refractivity contribution in [2.75, 3.05) is 83.8 Å². The zero-order chi connectivity index (χ0) is 46.5. The van der Waals surface area contributed by atoms with Gasteiger partial charge in [-0.25, -0.2) is 29.6 Å². The molecule has 4 aromatic heterocycles. The smallest absolute Gasteiger partial charge is 0.251 e. The van der Waals surface area contributed by atoms with E-state index >= 15 is 4.39 Å². The van der Waals surface area contributed by atoms with Gasteiger partial charge >= 0.3 is 0 Å². The fourth-order valence-electron chi connectivity index (χ4n) is 6.98. The van der Waals surface area contributed by atoms with Crippen molar-refractivity contribution in [2.45, 2.75) is 19.4 Å². The number of ketones is 1. The molecule has 22 heteroatoms. The first-order valence-corrected chi connectivity index (χ1v) is 21.5. The zero-order valence-electron chi connectivity index (χ0n) is 36.0. The summed E-state index contributed by atoms with van der Waals surface area (Å²) in [5.41, 5.74) is 10.0. The van der Waals surface area contributed by atoms with Crippen molar-refractivity contribution >= 4 is 82.0 Å². The summed E-state index contributed by atoms with van der Waals surface area (Å²) in [6.45, 7) is 5.18. The molecule has 2 aromatic carbocycles. The van der Waals surface area contributed by atoms with Crippen molar-refractivity contribution in [1.29, 1.82) is 0 Å². The van der Waals surface area contributed by atoms with E-state index < -0.39 is 17.7 Å². The zero-order valence-corrected chi connectivity index (χ0v) is 36.8. The van der Waals surface area contributed by atoms with Gasteiger partial charge in [0.2, 0.25) is 11.9 Å². The Balaban J connectivity index is 0.824. The molecular formula is C45H44ClF2N15O4. The molecule has 0 spiro atoms. The van der Waals surface area contributed by atoms with E-state index in [2.05, 4.69) is 66.9 Å². The summed E-state index contributed by atoms with van der Waals surface area (Å²) in [6.07, 6.45) is 7.74. The number of pyridine rings is 2. The second-order valence-electron chi connectivity index (χ2n) is 15.0. The number of aromatic nitrogens is 6. The molecule has 5 N–H and O–H groups in total. The number of ether oxygens (including phenoxy) is 2. The number of hydrogen-bond donors (Lipinski definition) is 5. The van der Waals surface area contributed by atoms with E-state index in [1.54, 1.807) is 76.8 Å². The molecule has 6 aromatic rings. The quantitative estimate of drug-likeness (QED) is 0.0378. The van der Waals surface area contributed by atoms with Crippen molar-refractivity contribution in [3.05, 3.63) is 131 Å². The molecule has 19 nitrogen and oxygen atoms in total. The maximum atomic E-state index is 15.1. The number of Topliss-reactive ketones (excluding diaryl/α,β-unsaturated/α-hetero) is 1. The lowest BCUT2D eigenvalue weighted by Crippen LogP contribution is -2.44. The molecule has 0 radical (unpaired) electrons. The maximum absolute atomic E-state index is 15.1. The monoisotopic (exact) mass is 931 g/mol. The molecule has 2 saturated heterocycles. The number of hydrazone groups is 2. The number of nitrogens with zero attached hydrogens (tertiary/aromatic N) is 10. The van der Waals surface area contributed by atoms with Crippen LogP contribution in [0.15, 0.2) is 102 Å². The SMILES string of the molecule is CCNC(=O)c1cccc(Nc2ccc(/C=N/Nc3ncc(F)c(N4CCOC(CC(=O)c5cc(Cl)cc(Nc6ccc(/C=N/Nc7ncc(F)c(N8CCOCC8)n7)nc6)c5)C4)n3)nc2)c1. The number of halogens is 3. The third kappa shape index (κ3) is 12.5. The fourth-order valence-corrected chi connectivity index (χ4v) is 7.22. The lowest BCUT2D eigenvalue weighted by molar-refractivity contribution is 0.0337. The molecule has 67 heavy (non-hydrogen) atoms. The van der Waals surface area contributed by atoms with Gasteiger partial charge in [-0.05, 0) is 67.6 Å². The minimum atomic E-state index is -0.641. The van der Waals surface area contributed by atoms with Crippen LogP contribution < -0.4 is 36.6 Å². The second kappa shape index (κ2) is 22.0.